The van der Waals surface area contributed by atoms with Gasteiger partial charge < -0.3 is 42.9 Å². The van der Waals surface area contributed by atoms with Crippen molar-refractivity contribution < 1.29 is 34.2 Å². The third-order valence-electron chi connectivity index (χ3n) is 3.84. The van der Waals surface area contributed by atoms with Gasteiger partial charge in [-0.25, -0.2) is 4.79 Å². The molecule has 0 saturated heterocycles. The molecule has 0 rings (SSSR count). The third-order valence-corrected chi connectivity index (χ3v) is 4.20. The van der Waals surface area contributed by atoms with Gasteiger partial charge in [-0.15, -0.1) is 0 Å². The second-order valence-corrected chi connectivity index (χ2v) is 6.58. The van der Waals surface area contributed by atoms with Crippen LogP contribution in [-0.4, -0.2) is 89.9 Å². The number of aliphatic carboxylic acids is 1. The average molecular weight is 451 g/mol. The molecule has 10 N–H and O–H groups in total. The van der Waals surface area contributed by atoms with E-state index < -0.39 is 60.9 Å². The first-order valence-electron chi connectivity index (χ1n) is 9.21. The highest BCUT2D eigenvalue weighted by Gasteiger charge is 2.26. The molecule has 172 valence electrons. The summed E-state index contributed by atoms with van der Waals surface area (Å²) in [5.74, 6) is -4.32. The number of unbranched alkanes of at least 4 members (excludes halogenated alkanes) is 1. The topological polar surface area (TPSA) is 226 Å². The molecular weight excluding hydrogens is 420 g/mol. The minimum Gasteiger partial charge on any atom is -0.480 e. The Hall–Kier alpha value is -2.42. The molecule has 30 heavy (non-hydrogen) atoms. The molecule has 0 aromatic carbocycles. The molecule has 0 aromatic heterocycles. The molecule has 3 unspecified atom stereocenters. The average Bonchev–Trinajstić information content (AvgIpc) is 2.72. The number of rotatable bonds is 15. The monoisotopic (exact) mass is 450 g/mol. The molecule has 0 aliphatic rings. The van der Waals surface area contributed by atoms with Gasteiger partial charge in [0.05, 0.1) is 19.7 Å². The first-order valence-corrected chi connectivity index (χ1v) is 9.84. The van der Waals surface area contributed by atoms with Gasteiger partial charge in [-0.3, -0.25) is 19.2 Å². The fourth-order valence-corrected chi connectivity index (χ4v) is 2.46. The number of amides is 4. The van der Waals surface area contributed by atoms with Gasteiger partial charge in [-0.05, 0) is 25.8 Å². The van der Waals surface area contributed by atoms with Crippen molar-refractivity contribution in [2.24, 2.45) is 11.5 Å². The van der Waals surface area contributed by atoms with Crippen molar-refractivity contribution in [3.63, 3.8) is 0 Å². The van der Waals surface area contributed by atoms with E-state index in [-0.39, 0.29) is 18.7 Å². The van der Waals surface area contributed by atoms with E-state index in [0.717, 1.165) is 0 Å². The van der Waals surface area contributed by atoms with Crippen LogP contribution in [0.3, 0.4) is 0 Å². The van der Waals surface area contributed by atoms with Crippen LogP contribution in [0.15, 0.2) is 0 Å². The maximum absolute atomic E-state index is 12.1. The van der Waals surface area contributed by atoms with Crippen LogP contribution in [0.4, 0.5) is 0 Å². The van der Waals surface area contributed by atoms with Crippen LogP contribution in [0.25, 0.3) is 0 Å². The minimum absolute atomic E-state index is 0.0829. The summed E-state index contributed by atoms with van der Waals surface area (Å²) in [6.07, 6.45) is 1.29. The number of aliphatic hydroxyl groups is 1. The maximum atomic E-state index is 12.1. The predicted octanol–water partition coefficient (Wildman–Crippen LogP) is -4.35. The number of hydrogen-bond donors (Lipinski definition) is 9. The Morgan fingerprint density at radius 3 is 2.00 bits per heavy atom. The van der Waals surface area contributed by atoms with Crippen molar-refractivity contribution in [1.82, 2.24) is 21.3 Å². The van der Waals surface area contributed by atoms with E-state index in [1.807, 2.05) is 0 Å². The molecule has 0 radical (unpaired) electrons. The van der Waals surface area contributed by atoms with Crippen molar-refractivity contribution in [2.45, 2.75) is 37.4 Å². The van der Waals surface area contributed by atoms with Crippen LogP contribution in [0.5, 0.6) is 0 Å². The fourth-order valence-electron chi connectivity index (χ4n) is 2.20. The second-order valence-electron chi connectivity index (χ2n) is 6.21. The Kier molecular flexibility index (Phi) is 14.2. The van der Waals surface area contributed by atoms with E-state index in [0.29, 0.717) is 19.4 Å². The van der Waals surface area contributed by atoms with E-state index >= 15 is 0 Å². The van der Waals surface area contributed by atoms with Gasteiger partial charge in [0, 0.05) is 5.75 Å². The Balaban J connectivity index is 4.65. The number of thiol groups is 1. The molecule has 0 spiro atoms. The lowest BCUT2D eigenvalue weighted by molar-refractivity contribution is -0.142. The maximum Gasteiger partial charge on any atom is 0.326 e. The molecule has 0 heterocycles. The molecule has 0 aliphatic heterocycles. The first kappa shape index (κ1) is 27.6. The number of carboxylic acids is 1. The number of carboxylic acid groups (broad SMARTS) is 1. The number of carbonyl (C=O) groups is 5. The largest absolute Gasteiger partial charge is 0.480 e. The summed E-state index contributed by atoms with van der Waals surface area (Å²) in [7, 11) is 0. The number of nitrogens with one attached hydrogen (secondary N) is 4. The molecule has 0 aromatic rings. The fraction of sp³-hybridized carbons (Fsp3) is 0.688. The summed E-state index contributed by atoms with van der Waals surface area (Å²) in [6, 6.07) is -3.61. The smallest absolute Gasteiger partial charge is 0.326 e. The Morgan fingerprint density at radius 1 is 0.867 bits per heavy atom. The van der Waals surface area contributed by atoms with E-state index in [2.05, 4.69) is 33.9 Å². The normalized spacial score (nSPS) is 13.5. The van der Waals surface area contributed by atoms with Crippen LogP contribution in [0.2, 0.25) is 0 Å². The Morgan fingerprint density at radius 2 is 1.50 bits per heavy atom. The van der Waals surface area contributed by atoms with Crippen LogP contribution < -0.4 is 32.7 Å². The molecular formula is C16H30N6O7S. The van der Waals surface area contributed by atoms with Gasteiger partial charge in [-0.2, -0.15) is 12.6 Å². The van der Waals surface area contributed by atoms with E-state index in [9.17, 15) is 29.1 Å². The summed E-state index contributed by atoms with van der Waals surface area (Å²) in [5, 5.41) is 27.4. The van der Waals surface area contributed by atoms with Crippen LogP contribution in [0.1, 0.15) is 19.3 Å². The van der Waals surface area contributed by atoms with E-state index in [4.69, 9.17) is 16.6 Å². The molecule has 0 saturated carbocycles. The van der Waals surface area contributed by atoms with Crippen LogP contribution in [-0.2, 0) is 24.0 Å². The number of aliphatic hydroxyl groups excluding tert-OH is 1. The summed E-state index contributed by atoms with van der Waals surface area (Å²) < 4.78 is 0. The van der Waals surface area contributed by atoms with Gasteiger partial charge >= 0.3 is 5.97 Å². The van der Waals surface area contributed by atoms with Crippen molar-refractivity contribution in [3.05, 3.63) is 0 Å². The van der Waals surface area contributed by atoms with Crippen LogP contribution in [0, 0.1) is 0 Å². The minimum atomic E-state index is -1.40. The molecule has 13 nitrogen and oxygen atoms in total. The zero-order chi connectivity index (χ0) is 23.1. The summed E-state index contributed by atoms with van der Waals surface area (Å²) in [5.41, 5.74) is 10.5. The lowest BCUT2D eigenvalue weighted by atomic mass is 10.1. The highest BCUT2D eigenvalue weighted by Crippen LogP contribution is 2.00. The molecule has 3 atom stereocenters. The quantitative estimate of drug-likeness (QED) is 0.0866. The first-order chi connectivity index (χ1) is 14.2. The van der Waals surface area contributed by atoms with Gasteiger partial charge in [0.2, 0.25) is 23.6 Å². The third kappa shape index (κ3) is 10.9. The van der Waals surface area contributed by atoms with Crippen LogP contribution >= 0.6 is 12.6 Å². The molecule has 0 bridgehead atoms. The standard InChI is InChI=1S/C16H30N6O7S/c17-4-2-1-3-9(16(28)29)20-13(25)6-19-14(26)10(7-23)22-15(27)11(8-30)21-12(24)5-18/h9-11,23,30H,1-8,17-18H2,(H,19,26)(H,20,25)(H,21,24)(H,22,27)(H,28,29). The zero-order valence-corrected chi connectivity index (χ0v) is 17.3. The second kappa shape index (κ2) is 15.4. The lowest BCUT2D eigenvalue weighted by Gasteiger charge is -2.21. The Bertz CT molecular complexity index is 607. The van der Waals surface area contributed by atoms with Gasteiger partial charge in [0.25, 0.3) is 0 Å². The number of carbonyl (C=O) groups excluding carboxylic acids is 4. The van der Waals surface area contributed by atoms with Gasteiger partial charge in [0.1, 0.15) is 18.1 Å². The van der Waals surface area contributed by atoms with Gasteiger partial charge in [-0.1, -0.05) is 0 Å². The molecule has 14 heteroatoms. The summed E-state index contributed by atoms with van der Waals surface area (Å²) in [4.78, 5) is 58.6. The molecule has 4 amide bonds. The highest BCUT2D eigenvalue weighted by atomic mass is 32.1. The molecule has 0 fully saturated rings. The van der Waals surface area contributed by atoms with E-state index in [1.54, 1.807) is 0 Å². The number of hydrogen-bond acceptors (Lipinski definition) is 9. The number of nitrogens with two attached hydrogens (primary N) is 2. The van der Waals surface area contributed by atoms with Crippen molar-refractivity contribution in [2.75, 3.05) is 32.0 Å². The summed E-state index contributed by atoms with van der Waals surface area (Å²) in [6.45, 7) is -1.29. The van der Waals surface area contributed by atoms with Crippen molar-refractivity contribution in [1.29, 1.82) is 0 Å². The molecule has 0 aliphatic carbocycles. The SMILES string of the molecule is NCCCCC(NC(=O)CNC(=O)C(CO)NC(=O)C(CS)NC(=O)CN)C(=O)O. The predicted molar refractivity (Wildman–Crippen MR) is 109 cm³/mol. The Labute approximate surface area is 179 Å². The van der Waals surface area contributed by atoms with Crippen molar-refractivity contribution >= 4 is 42.2 Å². The van der Waals surface area contributed by atoms with E-state index in [1.165, 1.54) is 0 Å². The highest BCUT2D eigenvalue weighted by molar-refractivity contribution is 7.80. The van der Waals surface area contributed by atoms with Gasteiger partial charge in [0.15, 0.2) is 0 Å². The van der Waals surface area contributed by atoms with Crippen molar-refractivity contribution in [3.8, 4) is 0 Å². The zero-order valence-electron chi connectivity index (χ0n) is 16.4. The lowest BCUT2D eigenvalue weighted by Crippen LogP contribution is -2.57. The summed E-state index contributed by atoms with van der Waals surface area (Å²) >= 11 is 3.93.